The number of ether oxygens (including phenoxy) is 1. The number of phenols is 2. The van der Waals surface area contributed by atoms with Crippen LogP contribution in [0.2, 0.25) is 0 Å². The fourth-order valence-corrected chi connectivity index (χ4v) is 1.85. The fourth-order valence-electron chi connectivity index (χ4n) is 1.58. The van der Waals surface area contributed by atoms with Gasteiger partial charge in [0.1, 0.15) is 23.9 Å². The minimum Gasteiger partial charge on any atom is -0.507 e. The van der Waals surface area contributed by atoms with Gasteiger partial charge < -0.3 is 14.9 Å². The van der Waals surface area contributed by atoms with E-state index in [1.54, 1.807) is 0 Å². The first kappa shape index (κ1) is 12.6. The Hall–Kier alpha value is -1.87. The molecule has 0 aliphatic rings. The monoisotopic (exact) mass is 264 g/mol. The van der Waals surface area contributed by atoms with Crippen LogP contribution in [0.25, 0.3) is 0 Å². The van der Waals surface area contributed by atoms with E-state index in [1.807, 2.05) is 30.3 Å². The second-order valence-corrected chi connectivity index (χ2v) is 4.12. The number of hydrogen-bond donors (Lipinski definition) is 2. The van der Waals surface area contributed by atoms with E-state index < -0.39 is 0 Å². The van der Waals surface area contributed by atoms with E-state index in [1.165, 1.54) is 12.1 Å². The molecule has 0 saturated heterocycles. The maximum absolute atomic E-state index is 9.64. The third kappa shape index (κ3) is 2.87. The molecule has 94 valence electrons. The van der Waals surface area contributed by atoms with Crippen molar-refractivity contribution in [2.24, 2.45) is 0 Å². The van der Waals surface area contributed by atoms with Crippen molar-refractivity contribution in [3.63, 3.8) is 0 Å². The van der Waals surface area contributed by atoms with Gasteiger partial charge in [0, 0.05) is 12.1 Å². The zero-order chi connectivity index (χ0) is 13.0. The molecule has 2 aromatic carbocycles. The van der Waals surface area contributed by atoms with E-state index in [0.29, 0.717) is 17.9 Å². The van der Waals surface area contributed by atoms with Crippen molar-refractivity contribution in [1.82, 2.24) is 0 Å². The van der Waals surface area contributed by atoms with Gasteiger partial charge in [-0.25, -0.2) is 0 Å². The van der Waals surface area contributed by atoms with Crippen LogP contribution in [0.15, 0.2) is 42.5 Å². The van der Waals surface area contributed by atoms with Crippen LogP contribution >= 0.6 is 11.6 Å². The van der Waals surface area contributed by atoms with E-state index in [2.05, 4.69) is 0 Å². The Morgan fingerprint density at radius 1 is 1.00 bits per heavy atom. The Morgan fingerprint density at radius 3 is 2.17 bits per heavy atom. The molecule has 2 rings (SSSR count). The average molecular weight is 265 g/mol. The van der Waals surface area contributed by atoms with Crippen molar-refractivity contribution in [3.05, 3.63) is 53.6 Å². The van der Waals surface area contributed by atoms with Gasteiger partial charge >= 0.3 is 0 Å². The number of hydrogen-bond acceptors (Lipinski definition) is 3. The lowest BCUT2D eigenvalue weighted by molar-refractivity contribution is 0.302. The van der Waals surface area contributed by atoms with Crippen molar-refractivity contribution >= 4 is 11.6 Å². The van der Waals surface area contributed by atoms with Gasteiger partial charge in [0.15, 0.2) is 0 Å². The molecule has 0 bridgehead atoms. The minimum atomic E-state index is -0.0620. The van der Waals surface area contributed by atoms with Crippen LogP contribution in [0.1, 0.15) is 11.1 Å². The fraction of sp³-hybridized carbons (Fsp3) is 0.143. The third-order valence-corrected chi connectivity index (χ3v) is 2.83. The highest BCUT2D eigenvalue weighted by molar-refractivity contribution is 6.17. The van der Waals surface area contributed by atoms with E-state index in [4.69, 9.17) is 16.3 Å². The lowest BCUT2D eigenvalue weighted by atomic mass is 10.2. The van der Waals surface area contributed by atoms with Crippen LogP contribution in [0.3, 0.4) is 0 Å². The molecule has 0 atom stereocenters. The van der Waals surface area contributed by atoms with Gasteiger partial charge in [0.25, 0.3) is 0 Å². The first-order valence-electron chi connectivity index (χ1n) is 5.48. The SMILES string of the molecule is Oc1cc(OCc2ccccc2)cc(O)c1CCl. The van der Waals surface area contributed by atoms with E-state index in [-0.39, 0.29) is 17.4 Å². The summed E-state index contributed by atoms with van der Waals surface area (Å²) in [4.78, 5) is 0. The Morgan fingerprint density at radius 2 is 1.61 bits per heavy atom. The summed E-state index contributed by atoms with van der Waals surface area (Å²) < 4.78 is 5.49. The molecule has 0 radical (unpaired) electrons. The Bertz CT molecular complexity index is 503. The third-order valence-electron chi connectivity index (χ3n) is 2.56. The van der Waals surface area contributed by atoms with Gasteiger partial charge in [-0.2, -0.15) is 0 Å². The largest absolute Gasteiger partial charge is 0.507 e. The number of aromatic hydroxyl groups is 2. The van der Waals surface area contributed by atoms with Crippen LogP contribution in [-0.4, -0.2) is 10.2 Å². The van der Waals surface area contributed by atoms with E-state index in [0.717, 1.165) is 5.56 Å². The lowest BCUT2D eigenvalue weighted by Gasteiger charge is -2.10. The zero-order valence-corrected chi connectivity index (χ0v) is 10.4. The van der Waals surface area contributed by atoms with E-state index >= 15 is 0 Å². The molecule has 4 heteroatoms. The van der Waals surface area contributed by atoms with Gasteiger partial charge in [-0.05, 0) is 5.56 Å². The average Bonchev–Trinajstić information content (AvgIpc) is 2.37. The first-order chi connectivity index (χ1) is 8.70. The normalized spacial score (nSPS) is 10.3. The molecular weight excluding hydrogens is 252 g/mol. The molecule has 0 spiro atoms. The topological polar surface area (TPSA) is 49.7 Å². The molecule has 0 amide bonds. The molecule has 3 nitrogen and oxygen atoms in total. The quantitative estimate of drug-likeness (QED) is 0.832. The van der Waals surface area contributed by atoms with Gasteiger partial charge in [0.05, 0.1) is 11.4 Å². The van der Waals surface area contributed by atoms with Crippen LogP contribution in [-0.2, 0) is 12.5 Å². The molecule has 0 aromatic heterocycles. The van der Waals surface area contributed by atoms with Crippen LogP contribution in [0.4, 0.5) is 0 Å². The van der Waals surface area contributed by atoms with E-state index in [9.17, 15) is 10.2 Å². The molecule has 0 unspecified atom stereocenters. The van der Waals surface area contributed by atoms with Gasteiger partial charge in [-0.15, -0.1) is 11.6 Å². The summed E-state index contributed by atoms with van der Waals surface area (Å²) in [5, 5.41) is 19.3. The molecule has 0 fully saturated rings. The van der Waals surface area contributed by atoms with Gasteiger partial charge in [0.2, 0.25) is 0 Å². The van der Waals surface area contributed by atoms with Crippen LogP contribution in [0, 0.1) is 0 Å². The number of rotatable bonds is 4. The molecule has 0 heterocycles. The number of benzene rings is 2. The molecule has 0 aliphatic heterocycles. The van der Waals surface area contributed by atoms with Gasteiger partial charge in [-0.1, -0.05) is 30.3 Å². The Labute approximate surface area is 110 Å². The van der Waals surface area contributed by atoms with Crippen LogP contribution < -0.4 is 4.74 Å². The standard InChI is InChI=1S/C14H13ClO3/c15-8-12-13(16)6-11(7-14(12)17)18-9-10-4-2-1-3-5-10/h1-7,16-17H,8-9H2. The lowest BCUT2D eigenvalue weighted by Crippen LogP contribution is -1.95. The summed E-state index contributed by atoms with van der Waals surface area (Å²) in [5.41, 5.74) is 1.32. The Kier molecular flexibility index (Phi) is 3.95. The number of alkyl halides is 1. The van der Waals surface area contributed by atoms with Crippen molar-refractivity contribution in [2.45, 2.75) is 12.5 Å². The number of phenolic OH excluding ortho intramolecular Hbond substituents is 2. The molecule has 2 aromatic rings. The summed E-state index contributed by atoms with van der Waals surface area (Å²) in [6, 6.07) is 12.5. The Balaban J connectivity index is 2.11. The summed E-state index contributed by atoms with van der Waals surface area (Å²) in [7, 11) is 0. The molecule has 18 heavy (non-hydrogen) atoms. The van der Waals surface area contributed by atoms with Gasteiger partial charge in [-0.3, -0.25) is 0 Å². The summed E-state index contributed by atoms with van der Waals surface area (Å²) in [6.07, 6.45) is 0. The minimum absolute atomic E-state index is 0.0522. The smallest absolute Gasteiger partial charge is 0.127 e. The van der Waals surface area contributed by atoms with Crippen molar-refractivity contribution in [3.8, 4) is 17.2 Å². The highest BCUT2D eigenvalue weighted by Gasteiger charge is 2.09. The predicted molar refractivity (Wildman–Crippen MR) is 70.1 cm³/mol. The summed E-state index contributed by atoms with van der Waals surface area (Å²) in [5.74, 6) is 0.334. The van der Waals surface area contributed by atoms with Crippen molar-refractivity contribution < 1.29 is 14.9 Å². The van der Waals surface area contributed by atoms with Crippen molar-refractivity contribution in [1.29, 1.82) is 0 Å². The second kappa shape index (κ2) is 5.65. The maximum atomic E-state index is 9.64. The molecular formula is C14H13ClO3. The zero-order valence-electron chi connectivity index (χ0n) is 9.64. The molecule has 0 aliphatic carbocycles. The summed E-state index contributed by atoms with van der Waals surface area (Å²) in [6.45, 7) is 0.375. The maximum Gasteiger partial charge on any atom is 0.127 e. The van der Waals surface area contributed by atoms with Crippen LogP contribution in [0.5, 0.6) is 17.2 Å². The second-order valence-electron chi connectivity index (χ2n) is 3.85. The molecule has 2 N–H and O–H groups in total. The molecule has 0 saturated carbocycles. The predicted octanol–water partition coefficient (Wildman–Crippen LogP) is 3.42. The number of halogens is 1. The first-order valence-corrected chi connectivity index (χ1v) is 6.01. The highest BCUT2D eigenvalue weighted by Crippen LogP contribution is 2.33. The summed E-state index contributed by atoms with van der Waals surface area (Å²) >= 11 is 5.60. The van der Waals surface area contributed by atoms with Crippen molar-refractivity contribution in [2.75, 3.05) is 0 Å². The highest BCUT2D eigenvalue weighted by atomic mass is 35.5.